The van der Waals surface area contributed by atoms with Crippen molar-refractivity contribution in [2.24, 2.45) is 0 Å². The van der Waals surface area contributed by atoms with Crippen LogP contribution >= 0.6 is 0 Å². The van der Waals surface area contributed by atoms with Gasteiger partial charge >= 0.3 is 6.18 Å². The van der Waals surface area contributed by atoms with Crippen molar-refractivity contribution in [2.45, 2.75) is 56.1 Å². The molecule has 0 radical (unpaired) electrons. The monoisotopic (exact) mass is 466 g/mol. The molecule has 1 aliphatic rings. The number of rotatable bonds is 3. The first kappa shape index (κ1) is 22.7. The van der Waals surface area contributed by atoms with Crippen molar-refractivity contribution >= 4 is 21.1 Å². The Bertz CT molecular complexity index is 1220. The van der Waals surface area contributed by atoms with Gasteiger partial charge in [0.05, 0.1) is 22.0 Å². The maximum Gasteiger partial charge on any atom is 0.416 e. The zero-order valence-electron chi connectivity index (χ0n) is 18.1. The number of fused-ring (bicyclic) bond motifs is 1. The predicted molar refractivity (Wildman–Crippen MR) is 115 cm³/mol. The number of aromatic nitrogens is 3. The van der Waals surface area contributed by atoms with Gasteiger partial charge < -0.3 is 0 Å². The fourth-order valence-electron chi connectivity index (χ4n) is 3.99. The minimum Gasteiger partial charge on any atom is -0.242 e. The molecule has 1 aliphatic heterocycles. The Morgan fingerprint density at radius 1 is 0.938 bits per heavy atom. The van der Waals surface area contributed by atoms with Crippen LogP contribution < -0.4 is 0 Å². The van der Waals surface area contributed by atoms with Gasteiger partial charge in [-0.05, 0) is 54.2 Å². The second-order valence-corrected chi connectivity index (χ2v) is 11.1. The molecule has 4 rings (SSSR count). The van der Waals surface area contributed by atoms with E-state index in [2.05, 4.69) is 31.1 Å². The van der Waals surface area contributed by atoms with E-state index in [0.29, 0.717) is 31.4 Å². The Balaban J connectivity index is 1.49. The molecule has 0 aliphatic carbocycles. The van der Waals surface area contributed by atoms with Gasteiger partial charge in [-0.1, -0.05) is 38.1 Å². The number of halogens is 3. The molecule has 32 heavy (non-hydrogen) atoms. The van der Waals surface area contributed by atoms with Gasteiger partial charge in [0.25, 0.3) is 0 Å². The fraction of sp³-hybridized carbons (Fsp3) is 0.455. The first-order valence-corrected chi connectivity index (χ1v) is 11.8. The summed E-state index contributed by atoms with van der Waals surface area (Å²) in [7, 11) is -3.62. The van der Waals surface area contributed by atoms with Gasteiger partial charge in [-0.2, -0.15) is 17.5 Å². The van der Waals surface area contributed by atoms with Gasteiger partial charge in [-0.25, -0.2) is 13.1 Å². The van der Waals surface area contributed by atoms with Gasteiger partial charge in [-0.15, -0.1) is 5.10 Å². The van der Waals surface area contributed by atoms with Crippen molar-refractivity contribution in [1.29, 1.82) is 0 Å². The highest BCUT2D eigenvalue weighted by Gasteiger charge is 2.33. The average Bonchev–Trinajstić information content (AvgIpc) is 3.16. The van der Waals surface area contributed by atoms with Gasteiger partial charge in [0.15, 0.2) is 0 Å². The number of hydrogen-bond donors (Lipinski definition) is 0. The molecular weight excluding hydrogens is 441 g/mol. The molecule has 0 N–H and O–H groups in total. The molecule has 2 heterocycles. The standard InChI is InChI=1S/C22H25F3N4O2S/c1-21(2,3)15-4-7-18(8-5-15)32(30,31)28-12-10-17(11-13-28)29-20-9-6-16(22(23,24)25)14-19(20)26-27-29/h4-9,14,17H,10-13H2,1-3H3. The Labute approximate surface area is 185 Å². The molecule has 1 saturated heterocycles. The first-order chi connectivity index (χ1) is 14.9. The third-order valence-corrected chi connectivity index (χ3v) is 7.84. The molecule has 172 valence electrons. The fourth-order valence-corrected chi connectivity index (χ4v) is 5.46. The highest BCUT2D eigenvalue weighted by molar-refractivity contribution is 7.89. The highest BCUT2D eigenvalue weighted by Crippen LogP contribution is 2.33. The second kappa shape index (κ2) is 7.84. The molecule has 2 aromatic carbocycles. The van der Waals surface area contributed by atoms with E-state index < -0.39 is 21.8 Å². The predicted octanol–water partition coefficient (Wildman–Crippen LogP) is 4.77. The van der Waals surface area contributed by atoms with E-state index in [-0.39, 0.29) is 21.9 Å². The quantitative estimate of drug-likeness (QED) is 0.558. The molecule has 1 aromatic heterocycles. The molecule has 3 aromatic rings. The molecule has 10 heteroatoms. The second-order valence-electron chi connectivity index (χ2n) is 9.14. The molecule has 0 unspecified atom stereocenters. The van der Waals surface area contributed by atoms with E-state index in [4.69, 9.17) is 0 Å². The van der Waals surface area contributed by atoms with Gasteiger partial charge in [0, 0.05) is 13.1 Å². The molecular formula is C22H25F3N4O2S. The van der Waals surface area contributed by atoms with E-state index in [1.807, 2.05) is 12.1 Å². The highest BCUT2D eigenvalue weighted by atomic mass is 32.2. The van der Waals surface area contributed by atoms with Crippen molar-refractivity contribution < 1.29 is 21.6 Å². The van der Waals surface area contributed by atoms with Gasteiger partial charge in [0.2, 0.25) is 10.0 Å². The van der Waals surface area contributed by atoms with Crippen LogP contribution in [0.15, 0.2) is 47.4 Å². The first-order valence-electron chi connectivity index (χ1n) is 10.4. The molecule has 6 nitrogen and oxygen atoms in total. The summed E-state index contributed by atoms with van der Waals surface area (Å²) in [4.78, 5) is 0.259. The van der Waals surface area contributed by atoms with Crippen molar-refractivity contribution in [1.82, 2.24) is 19.3 Å². The average molecular weight is 467 g/mol. The summed E-state index contributed by atoms with van der Waals surface area (Å²) in [5.74, 6) is 0. The molecule has 0 amide bonds. The molecule has 0 atom stereocenters. The number of piperidine rings is 1. The maximum atomic E-state index is 13.1. The Morgan fingerprint density at radius 3 is 2.09 bits per heavy atom. The number of alkyl halides is 3. The summed E-state index contributed by atoms with van der Waals surface area (Å²) in [5.41, 5.74) is 0.908. The van der Waals surface area contributed by atoms with E-state index >= 15 is 0 Å². The van der Waals surface area contributed by atoms with Crippen LogP contribution in [0.25, 0.3) is 11.0 Å². The molecule has 0 bridgehead atoms. The lowest BCUT2D eigenvalue weighted by molar-refractivity contribution is -0.137. The summed E-state index contributed by atoms with van der Waals surface area (Å²) in [6.45, 7) is 6.81. The van der Waals surface area contributed by atoms with Crippen LogP contribution in [0.3, 0.4) is 0 Å². The van der Waals surface area contributed by atoms with Gasteiger partial charge in [0.1, 0.15) is 5.52 Å². The Morgan fingerprint density at radius 2 is 1.53 bits per heavy atom. The Kier molecular flexibility index (Phi) is 5.57. The van der Waals surface area contributed by atoms with Gasteiger partial charge in [-0.3, -0.25) is 0 Å². The molecule has 0 spiro atoms. The van der Waals surface area contributed by atoms with Crippen LogP contribution in [0.4, 0.5) is 13.2 Å². The summed E-state index contributed by atoms with van der Waals surface area (Å²) in [6.07, 6.45) is -3.44. The van der Waals surface area contributed by atoms with E-state index in [1.54, 1.807) is 16.8 Å². The number of sulfonamides is 1. The lowest BCUT2D eigenvalue weighted by Gasteiger charge is -2.31. The van der Waals surface area contributed by atoms with Crippen molar-refractivity contribution in [2.75, 3.05) is 13.1 Å². The van der Waals surface area contributed by atoms with Crippen LogP contribution in [0, 0.1) is 0 Å². The largest absolute Gasteiger partial charge is 0.416 e. The molecule has 1 fully saturated rings. The van der Waals surface area contributed by atoms with E-state index in [9.17, 15) is 21.6 Å². The normalized spacial score (nSPS) is 17.2. The Hall–Kier alpha value is -2.46. The third-order valence-electron chi connectivity index (χ3n) is 5.93. The summed E-state index contributed by atoms with van der Waals surface area (Å²) in [6, 6.07) is 10.2. The van der Waals surface area contributed by atoms with Crippen LogP contribution in [-0.4, -0.2) is 40.8 Å². The maximum absolute atomic E-state index is 13.1. The number of hydrogen-bond acceptors (Lipinski definition) is 4. The smallest absolute Gasteiger partial charge is 0.242 e. The van der Waals surface area contributed by atoms with Crippen LogP contribution in [0.1, 0.15) is 50.8 Å². The minimum absolute atomic E-state index is 0.0674. The summed E-state index contributed by atoms with van der Waals surface area (Å²) in [5, 5.41) is 7.94. The number of benzene rings is 2. The van der Waals surface area contributed by atoms with Crippen molar-refractivity contribution in [3.05, 3.63) is 53.6 Å². The van der Waals surface area contributed by atoms with Crippen molar-refractivity contribution in [3.8, 4) is 0 Å². The van der Waals surface area contributed by atoms with E-state index in [1.165, 1.54) is 10.4 Å². The minimum atomic E-state index is -4.44. The van der Waals surface area contributed by atoms with Crippen LogP contribution in [0.2, 0.25) is 0 Å². The molecule has 0 saturated carbocycles. The van der Waals surface area contributed by atoms with E-state index in [0.717, 1.165) is 17.7 Å². The zero-order valence-corrected chi connectivity index (χ0v) is 18.9. The zero-order chi connectivity index (χ0) is 23.3. The third kappa shape index (κ3) is 4.25. The lowest BCUT2D eigenvalue weighted by Crippen LogP contribution is -2.39. The van der Waals surface area contributed by atoms with Crippen molar-refractivity contribution in [3.63, 3.8) is 0 Å². The summed E-state index contributed by atoms with van der Waals surface area (Å²) < 4.78 is 68.0. The summed E-state index contributed by atoms with van der Waals surface area (Å²) >= 11 is 0. The SMILES string of the molecule is CC(C)(C)c1ccc(S(=O)(=O)N2CCC(n3nnc4cc(C(F)(F)F)ccc43)CC2)cc1. The number of nitrogens with zero attached hydrogens (tertiary/aromatic N) is 4. The van der Waals surface area contributed by atoms with Crippen LogP contribution in [0.5, 0.6) is 0 Å². The van der Waals surface area contributed by atoms with Crippen LogP contribution in [-0.2, 0) is 21.6 Å². The topological polar surface area (TPSA) is 68.1 Å². The lowest BCUT2D eigenvalue weighted by atomic mass is 9.87.